The number of aryl methyl sites for hydroxylation is 1. The fraction of sp³-hybridized carbons (Fsp3) is 0.529. The van der Waals surface area contributed by atoms with E-state index < -0.39 is 17.9 Å². The molecule has 0 aliphatic carbocycles. The highest BCUT2D eigenvalue weighted by Gasteiger charge is 2.28. The van der Waals surface area contributed by atoms with Crippen LogP contribution in [0.1, 0.15) is 38.7 Å². The van der Waals surface area contributed by atoms with E-state index >= 15 is 0 Å². The molecule has 1 aromatic rings. The van der Waals surface area contributed by atoms with E-state index in [4.69, 9.17) is 9.47 Å². The quantitative estimate of drug-likeness (QED) is 0.560. The first kappa shape index (κ1) is 18.0. The van der Waals surface area contributed by atoms with Gasteiger partial charge in [-0.25, -0.2) is 0 Å². The number of benzene rings is 1. The molecule has 5 heteroatoms. The predicted molar refractivity (Wildman–Crippen MR) is 82.9 cm³/mol. The van der Waals surface area contributed by atoms with Gasteiger partial charge in [0.15, 0.2) is 5.92 Å². The molecule has 0 amide bonds. The minimum Gasteiger partial charge on any atom is -0.497 e. The zero-order chi connectivity index (χ0) is 16.5. The van der Waals surface area contributed by atoms with Crippen molar-refractivity contribution in [3.63, 3.8) is 0 Å². The minimum absolute atomic E-state index is 0.254. The number of carboxylic acid groups (broad SMARTS) is 1. The van der Waals surface area contributed by atoms with Crippen molar-refractivity contribution in [3.05, 3.63) is 29.8 Å². The fourth-order valence-electron chi connectivity index (χ4n) is 2.01. The van der Waals surface area contributed by atoms with Crippen molar-refractivity contribution < 1.29 is 24.2 Å². The van der Waals surface area contributed by atoms with Gasteiger partial charge in [0.25, 0.3) is 0 Å². The third-order valence-corrected chi connectivity index (χ3v) is 3.59. The Labute approximate surface area is 131 Å². The molecule has 0 aliphatic rings. The molecule has 0 spiro atoms. The summed E-state index contributed by atoms with van der Waals surface area (Å²) in [5.74, 6) is -2.07. The highest BCUT2D eigenvalue weighted by Crippen LogP contribution is 2.17. The first-order valence-corrected chi connectivity index (χ1v) is 7.54. The van der Waals surface area contributed by atoms with Crippen LogP contribution in [0.25, 0.3) is 0 Å². The molecule has 2 unspecified atom stereocenters. The Morgan fingerprint density at radius 2 is 1.86 bits per heavy atom. The molecule has 0 radical (unpaired) electrons. The number of esters is 1. The third kappa shape index (κ3) is 5.76. The Balaban J connectivity index is 2.50. The monoisotopic (exact) mass is 308 g/mol. The number of carbonyl (C=O) groups excluding carboxylic acids is 1. The Bertz CT molecular complexity index is 480. The van der Waals surface area contributed by atoms with E-state index in [1.807, 2.05) is 31.2 Å². The largest absolute Gasteiger partial charge is 0.497 e. The van der Waals surface area contributed by atoms with Crippen LogP contribution >= 0.6 is 0 Å². The fourth-order valence-corrected chi connectivity index (χ4v) is 2.01. The highest BCUT2D eigenvalue weighted by atomic mass is 16.5. The summed E-state index contributed by atoms with van der Waals surface area (Å²) in [5, 5.41) is 9.18. The maximum atomic E-state index is 11.9. The summed E-state index contributed by atoms with van der Waals surface area (Å²) in [7, 11) is 1.61. The molecule has 1 N–H and O–H groups in total. The van der Waals surface area contributed by atoms with Gasteiger partial charge in [0.1, 0.15) is 5.75 Å². The van der Waals surface area contributed by atoms with Gasteiger partial charge in [0.2, 0.25) is 0 Å². The van der Waals surface area contributed by atoms with Crippen molar-refractivity contribution in [2.45, 2.75) is 45.6 Å². The van der Waals surface area contributed by atoms with Crippen LogP contribution in [0.5, 0.6) is 5.75 Å². The lowest BCUT2D eigenvalue weighted by Crippen LogP contribution is -2.28. The van der Waals surface area contributed by atoms with Crippen LogP contribution in [0.3, 0.4) is 0 Å². The van der Waals surface area contributed by atoms with Crippen LogP contribution in [-0.2, 0) is 20.7 Å². The predicted octanol–water partition coefficient (Wildman–Crippen LogP) is 3.06. The van der Waals surface area contributed by atoms with Gasteiger partial charge in [-0.1, -0.05) is 19.1 Å². The van der Waals surface area contributed by atoms with Gasteiger partial charge in [-0.15, -0.1) is 0 Å². The van der Waals surface area contributed by atoms with Gasteiger partial charge in [-0.2, -0.15) is 0 Å². The molecular formula is C17H24O5. The van der Waals surface area contributed by atoms with Crippen molar-refractivity contribution in [1.29, 1.82) is 0 Å². The van der Waals surface area contributed by atoms with Crippen LogP contribution in [0.4, 0.5) is 0 Å². The summed E-state index contributed by atoms with van der Waals surface area (Å²) in [5.41, 5.74) is 1.08. The normalized spacial score (nSPS) is 13.2. The molecule has 0 aromatic heterocycles. The Hall–Kier alpha value is -2.04. The summed E-state index contributed by atoms with van der Waals surface area (Å²) in [6.07, 6.45) is 2.01. The number of hydrogen-bond donors (Lipinski definition) is 1. The van der Waals surface area contributed by atoms with E-state index in [-0.39, 0.29) is 12.5 Å². The Kier molecular flexibility index (Phi) is 7.43. The van der Waals surface area contributed by atoms with E-state index in [2.05, 4.69) is 0 Å². The number of carbonyl (C=O) groups is 2. The summed E-state index contributed by atoms with van der Waals surface area (Å²) in [6.45, 7) is 3.64. The molecule has 0 fully saturated rings. The molecule has 1 rings (SSSR count). The number of hydrogen-bond acceptors (Lipinski definition) is 4. The van der Waals surface area contributed by atoms with Gasteiger partial charge in [0, 0.05) is 0 Å². The molecule has 0 saturated heterocycles. The van der Waals surface area contributed by atoms with Gasteiger partial charge in [-0.3, -0.25) is 9.59 Å². The second-order valence-corrected chi connectivity index (χ2v) is 5.29. The number of carboxylic acids is 1. The van der Waals surface area contributed by atoms with Gasteiger partial charge in [0.05, 0.1) is 13.2 Å². The molecule has 0 saturated carbocycles. The van der Waals surface area contributed by atoms with Crippen LogP contribution in [-0.4, -0.2) is 30.3 Å². The maximum Gasteiger partial charge on any atom is 0.320 e. The van der Waals surface area contributed by atoms with Crippen molar-refractivity contribution >= 4 is 11.9 Å². The lowest BCUT2D eigenvalue weighted by Gasteiger charge is -2.15. The van der Waals surface area contributed by atoms with Crippen LogP contribution in [0, 0.1) is 5.92 Å². The molecular weight excluding hydrogens is 284 g/mol. The van der Waals surface area contributed by atoms with E-state index in [9.17, 15) is 14.7 Å². The van der Waals surface area contributed by atoms with Gasteiger partial charge in [-0.05, 0) is 50.3 Å². The average Bonchev–Trinajstić information content (AvgIpc) is 2.51. The van der Waals surface area contributed by atoms with E-state index in [1.54, 1.807) is 14.0 Å². The van der Waals surface area contributed by atoms with E-state index in [0.717, 1.165) is 11.3 Å². The molecule has 0 heterocycles. The summed E-state index contributed by atoms with van der Waals surface area (Å²) in [6, 6.07) is 7.60. The van der Waals surface area contributed by atoms with E-state index in [1.165, 1.54) is 0 Å². The Morgan fingerprint density at radius 3 is 2.36 bits per heavy atom. The zero-order valence-corrected chi connectivity index (χ0v) is 13.4. The van der Waals surface area contributed by atoms with E-state index in [0.29, 0.717) is 19.3 Å². The maximum absolute atomic E-state index is 11.9. The second-order valence-electron chi connectivity index (χ2n) is 5.29. The average molecular weight is 308 g/mol. The van der Waals surface area contributed by atoms with Crippen molar-refractivity contribution in [2.75, 3.05) is 7.11 Å². The third-order valence-electron chi connectivity index (χ3n) is 3.59. The molecule has 0 bridgehead atoms. The zero-order valence-electron chi connectivity index (χ0n) is 13.4. The second kappa shape index (κ2) is 9.07. The summed E-state index contributed by atoms with van der Waals surface area (Å²) in [4.78, 5) is 23.1. The number of aliphatic carboxylic acids is 1. The van der Waals surface area contributed by atoms with Crippen LogP contribution in [0.15, 0.2) is 24.3 Å². The van der Waals surface area contributed by atoms with Crippen LogP contribution in [0.2, 0.25) is 0 Å². The molecule has 0 aliphatic heterocycles. The van der Waals surface area contributed by atoms with Crippen molar-refractivity contribution in [2.24, 2.45) is 5.92 Å². The SMILES string of the molecule is CCC(C)OC(=O)C(CCCc1ccc(OC)cc1)C(=O)O. The molecule has 122 valence electrons. The number of ether oxygens (including phenoxy) is 2. The smallest absolute Gasteiger partial charge is 0.320 e. The van der Waals surface area contributed by atoms with Crippen molar-refractivity contribution in [1.82, 2.24) is 0 Å². The molecule has 22 heavy (non-hydrogen) atoms. The number of methoxy groups -OCH3 is 1. The Morgan fingerprint density at radius 1 is 1.23 bits per heavy atom. The molecule has 2 atom stereocenters. The lowest BCUT2D eigenvalue weighted by atomic mass is 9.99. The lowest BCUT2D eigenvalue weighted by molar-refractivity contribution is -0.162. The van der Waals surface area contributed by atoms with Crippen LogP contribution < -0.4 is 4.74 Å². The van der Waals surface area contributed by atoms with Gasteiger partial charge < -0.3 is 14.6 Å². The topological polar surface area (TPSA) is 72.8 Å². The minimum atomic E-state index is -1.12. The summed E-state index contributed by atoms with van der Waals surface area (Å²) < 4.78 is 10.2. The molecule has 5 nitrogen and oxygen atoms in total. The van der Waals surface area contributed by atoms with Crippen molar-refractivity contribution in [3.8, 4) is 5.75 Å². The number of rotatable bonds is 9. The first-order valence-electron chi connectivity index (χ1n) is 7.54. The highest BCUT2D eigenvalue weighted by molar-refractivity contribution is 5.93. The van der Waals surface area contributed by atoms with Gasteiger partial charge >= 0.3 is 11.9 Å². The summed E-state index contributed by atoms with van der Waals surface area (Å²) >= 11 is 0. The standard InChI is InChI=1S/C17H24O5/c1-4-12(2)22-17(20)15(16(18)19)7-5-6-13-8-10-14(21-3)11-9-13/h8-12,15H,4-7H2,1-3H3,(H,18,19). The first-order chi connectivity index (χ1) is 10.5. The molecule has 1 aromatic carbocycles.